The molecule has 2 aliphatic heterocycles. The topological polar surface area (TPSA) is 90.5 Å². The summed E-state index contributed by atoms with van der Waals surface area (Å²) in [7, 11) is 0. The van der Waals surface area contributed by atoms with Gasteiger partial charge in [0.1, 0.15) is 5.75 Å². The summed E-state index contributed by atoms with van der Waals surface area (Å²) in [6.45, 7) is 0. The number of hydrogen-bond acceptors (Lipinski definition) is 4. The number of phenols is 1. The van der Waals surface area contributed by atoms with E-state index in [0.717, 1.165) is 25.0 Å². The van der Waals surface area contributed by atoms with Crippen molar-refractivity contribution in [1.82, 2.24) is 10.6 Å². The lowest BCUT2D eigenvalue weighted by Crippen LogP contribution is -2.36. The van der Waals surface area contributed by atoms with Crippen LogP contribution in [0, 0.1) is 0 Å². The van der Waals surface area contributed by atoms with Gasteiger partial charge < -0.3 is 21.1 Å². The number of halogens is 1. The Balaban J connectivity index is 1.38. The van der Waals surface area contributed by atoms with Crippen molar-refractivity contribution in [2.45, 2.75) is 43.0 Å². The van der Waals surface area contributed by atoms with Crippen LogP contribution in [-0.4, -0.2) is 40.1 Å². The second kappa shape index (κ2) is 7.53. The van der Waals surface area contributed by atoms with Gasteiger partial charge in [-0.1, -0.05) is 18.0 Å². The number of hydrogen-bond donors (Lipinski definition) is 4. The fourth-order valence-corrected chi connectivity index (χ4v) is 4.81. The van der Waals surface area contributed by atoms with E-state index in [1.54, 1.807) is 6.07 Å². The maximum atomic E-state index is 12.0. The van der Waals surface area contributed by atoms with Gasteiger partial charge in [-0.2, -0.15) is 11.8 Å². The number of unbranched alkanes of at least 4 members (excludes halogenated alkanes) is 1. The van der Waals surface area contributed by atoms with Gasteiger partial charge in [0.15, 0.2) is 0 Å². The van der Waals surface area contributed by atoms with Gasteiger partial charge in [-0.05, 0) is 31.0 Å². The van der Waals surface area contributed by atoms with Gasteiger partial charge in [0.05, 0.1) is 17.8 Å². The van der Waals surface area contributed by atoms with E-state index in [4.69, 9.17) is 11.6 Å². The van der Waals surface area contributed by atoms with Gasteiger partial charge >= 0.3 is 6.03 Å². The molecule has 0 aromatic heterocycles. The van der Waals surface area contributed by atoms with Crippen LogP contribution in [0.3, 0.4) is 0 Å². The predicted molar refractivity (Wildman–Crippen MR) is 95.7 cm³/mol. The highest BCUT2D eigenvalue weighted by molar-refractivity contribution is 8.00. The normalized spacial score (nSPS) is 25.0. The molecule has 3 rings (SSSR count). The molecule has 3 amide bonds. The molecule has 0 unspecified atom stereocenters. The maximum Gasteiger partial charge on any atom is 0.315 e. The van der Waals surface area contributed by atoms with E-state index >= 15 is 0 Å². The number of urea groups is 1. The Morgan fingerprint density at radius 2 is 2.21 bits per heavy atom. The standard InChI is InChI=1S/C16H20ClN3O3S/c17-9-5-6-12(21)10(7-9)18-14(22)4-2-1-3-13-15-11(8-24-13)19-16(23)20-15/h5-7,11,13,15,21H,1-4,8H2,(H,18,22)(H2,19,20,23)/t11-,13-,15-/m0/s1. The predicted octanol–water partition coefficient (Wildman–Crippen LogP) is 2.71. The Morgan fingerprint density at radius 3 is 3.04 bits per heavy atom. The van der Waals surface area contributed by atoms with Crippen molar-refractivity contribution in [3.8, 4) is 5.75 Å². The quantitative estimate of drug-likeness (QED) is 0.352. The smallest absolute Gasteiger partial charge is 0.315 e. The first kappa shape index (κ1) is 17.2. The Kier molecular flexibility index (Phi) is 5.40. The number of rotatable bonds is 6. The summed E-state index contributed by atoms with van der Waals surface area (Å²) in [4.78, 5) is 23.3. The number of aromatic hydroxyl groups is 1. The Morgan fingerprint density at radius 1 is 1.38 bits per heavy atom. The van der Waals surface area contributed by atoms with Crippen molar-refractivity contribution < 1.29 is 14.7 Å². The highest BCUT2D eigenvalue weighted by Crippen LogP contribution is 2.33. The molecule has 1 aromatic carbocycles. The minimum Gasteiger partial charge on any atom is -0.506 e. The summed E-state index contributed by atoms with van der Waals surface area (Å²) in [6.07, 6.45) is 3.06. The number of phenolic OH excluding ortho intramolecular Hbond substituents is 1. The number of benzene rings is 1. The second-order valence-electron chi connectivity index (χ2n) is 6.08. The number of carbonyl (C=O) groups excluding carboxylic acids is 2. The molecular formula is C16H20ClN3O3S. The molecule has 3 atom stereocenters. The molecule has 0 radical (unpaired) electrons. The Bertz CT molecular complexity index is 643. The molecule has 130 valence electrons. The van der Waals surface area contributed by atoms with Gasteiger partial charge in [0.25, 0.3) is 0 Å². The molecule has 0 saturated carbocycles. The van der Waals surface area contributed by atoms with E-state index in [0.29, 0.717) is 22.4 Å². The minimum atomic E-state index is -0.139. The monoisotopic (exact) mass is 369 g/mol. The average Bonchev–Trinajstić information content (AvgIpc) is 3.07. The van der Waals surface area contributed by atoms with Crippen molar-refractivity contribution >= 4 is 41.0 Å². The first-order valence-electron chi connectivity index (χ1n) is 8.00. The van der Waals surface area contributed by atoms with Crippen LogP contribution in [0.1, 0.15) is 25.7 Å². The highest BCUT2D eigenvalue weighted by Gasteiger charge is 2.42. The van der Waals surface area contributed by atoms with E-state index in [1.165, 1.54) is 12.1 Å². The molecule has 2 aliphatic rings. The molecule has 1 aromatic rings. The van der Waals surface area contributed by atoms with E-state index in [9.17, 15) is 14.7 Å². The zero-order chi connectivity index (χ0) is 17.1. The molecule has 24 heavy (non-hydrogen) atoms. The van der Waals surface area contributed by atoms with Gasteiger partial charge in [-0.3, -0.25) is 4.79 Å². The number of fused-ring (bicyclic) bond motifs is 1. The average molecular weight is 370 g/mol. The summed E-state index contributed by atoms with van der Waals surface area (Å²) < 4.78 is 0. The molecule has 4 N–H and O–H groups in total. The molecule has 2 heterocycles. The van der Waals surface area contributed by atoms with Crippen LogP contribution in [0.25, 0.3) is 0 Å². The van der Waals surface area contributed by atoms with E-state index in [2.05, 4.69) is 16.0 Å². The molecule has 6 nitrogen and oxygen atoms in total. The third-order valence-electron chi connectivity index (χ3n) is 4.31. The van der Waals surface area contributed by atoms with Crippen LogP contribution in [0.5, 0.6) is 5.75 Å². The molecule has 0 spiro atoms. The number of thioether (sulfide) groups is 1. The number of amides is 3. The van der Waals surface area contributed by atoms with Gasteiger partial charge in [-0.25, -0.2) is 4.79 Å². The summed E-state index contributed by atoms with van der Waals surface area (Å²) in [5, 5.41) is 19.1. The Hall–Kier alpha value is -1.60. The zero-order valence-corrected chi connectivity index (χ0v) is 14.6. The third kappa shape index (κ3) is 4.08. The lowest BCUT2D eigenvalue weighted by molar-refractivity contribution is -0.116. The number of carbonyl (C=O) groups is 2. The van der Waals surface area contributed by atoms with Gasteiger partial charge in [0, 0.05) is 22.4 Å². The lowest BCUT2D eigenvalue weighted by atomic mass is 10.0. The van der Waals surface area contributed by atoms with E-state index in [-0.39, 0.29) is 29.8 Å². The zero-order valence-electron chi connectivity index (χ0n) is 13.0. The van der Waals surface area contributed by atoms with Crippen LogP contribution in [-0.2, 0) is 4.79 Å². The molecule has 2 saturated heterocycles. The van der Waals surface area contributed by atoms with Crippen LogP contribution in [0.2, 0.25) is 5.02 Å². The molecule has 0 aliphatic carbocycles. The maximum absolute atomic E-state index is 12.0. The lowest BCUT2D eigenvalue weighted by Gasteiger charge is -2.16. The summed E-state index contributed by atoms with van der Waals surface area (Å²) in [5.41, 5.74) is 0.335. The van der Waals surface area contributed by atoms with Crippen LogP contribution in [0.15, 0.2) is 18.2 Å². The first-order valence-corrected chi connectivity index (χ1v) is 9.42. The van der Waals surface area contributed by atoms with Crippen molar-refractivity contribution in [2.75, 3.05) is 11.1 Å². The molecule has 2 fully saturated rings. The summed E-state index contributed by atoms with van der Waals surface area (Å²) >= 11 is 7.73. The van der Waals surface area contributed by atoms with Crippen molar-refractivity contribution in [2.24, 2.45) is 0 Å². The molecule has 0 bridgehead atoms. The van der Waals surface area contributed by atoms with Crippen LogP contribution >= 0.6 is 23.4 Å². The van der Waals surface area contributed by atoms with Crippen molar-refractivity contribution in [1.29, 1.82) is 0 Å². The van der Waals surface area contributed by atoms with Gasteiger partial charge in [-0.15, -0.1) is 0 Å². The van der Waals surface area contributed by atoms with E-state index < -0.39 is 0 Å². The highest BCUT2D eigenvalue weighted by atomic mass is 35.5. The summed E-state index contributed by atoms with van der Waals surface area (Å²) in [6, 6.07) is 4.92. The van der Waals surface area contributed by atoms with E-state index in [1.807, 2.05) is 11.8 Å². The fraction of sp³-hybridized carbons (Fsp3) is 0.500. The SMILES string of the molecule is O=C(CCCC[C@@H]1SC[C@@H]2NC(=O)N[C@@H]21)Nc1cc(Cl)ccc1O. The molecular weight excluding hydrogens is 350 g/mol. The van der Waals surface area contributed by atoms with Crippen LogP contribution < -0.4 is 16.0 Å². The number of nitrogens with one attached hydrogen (secondary N) is 3. The first-order chi connectivity index (χ1) is 11.5. The summed E-state index contributed by atoms with van der Waals surface area (Å²) in [5.74, 6) is 0.814. The fourth-order valence-electron chi connectivity index (χ4n) is 3.10. The minimum absolute atomic E-state index is 0.00521. The third-order valence-corrected chi connectivity index (χ3v) is 6.06. The largest absolute Gasteiger partial charge is 0.506 e. The Labute approximate surface area is 149 Å². The second-order valence-corrected chi connectivity index (χ2v) is 7.79. The number of anilines is 1. The van der Waals surface area contributed by atoms with Crippen LogP contribution in [0.4, 0.5) is 10.5 Å². The van der Waals surface area contributed by atoms with Crippen molar-refractivity contribution in [3.05, 3.63) is 23.2 Å². The molecule has 8 heteroatoms. The van der Waals surface area contributed by atoms with Gasteiger partial charge in [0.2, 0.25) is 5.91 Å². The van der Waals surface area contributed by atoms with Crippen molar-refractivity contribution in [3.63, 3.8) is 0 Å².